The summed E-state index contributed by atoms with van der Waals surface area (Å²) in [7, 11) is 0. The molecule has 1 aromatic heterocycles. The van der Waals surface area contributed by atoms with Crippen molar-refractivity contribution in [1.82, 2.24) is 4.98 Å². The lowest BCUT2D eigenvalue weighted by Gasteiger charge is -2.06. The third kappa shape index (κ3) is 2.19. The Hall–Kier alpha value is -1.11. The van der Waals surface area contributed by atoms with Gasteiger partial charge >= 0.3 is 0 Å². The predicted molar refractivity (Wildman–Crippen MR) is 46.4 cm³/mol. The van der Waals surface area contributed by atoms with Crippen molar-refractivity contribution in [2.24, 2.45) is 5.73 Å². The van der Waals surface area contributed by atoms with E-state index in [1.165, 1.54) is 6.20 Å². The van der Waals surface area contributed by atoms with Crippen molar-refractivity contribution in [3.63, 3.8) is 0 Å². The first-order chi connectivity index (χ1) is 5.74. The lowest BCUT2D eigenvalue weighted by molar-refractivity contribution is 0.744. The Balaban J connectivity index is 2.82. The third-order valence-corrected chi connectivity index (χ3v) is 1.67. The van der Waals surface area contributed by atoms with Gasteiger partial charge in [-0.05, 0) is 11.6 Å². The maximum Gasteiger partial charge on any atom is 0.0641 e. The van der Waals surface area contributed by atoms with Crippen LogP contribution in [-0.4, -0.2) is 4.98 Å². The molecule has 0 saturated carbocycles. The number of rotatable bonds is 2. The first-order valence-corrected chi connectivity index (χ1v) is 3.85. The molecule has 0 aliphatic heterocycles. The van der Waals surface area contributed by atoms with Crippen LogP contribution in [0, 0.1) is 11.3 Å². The summed E-state index contributed by atoms with van der Waals surface area (Å²) in [6.07, 6.45) is 3.43. The fourth-order valence-corrected chi connectivity index (χ4v) is 1.03. The van der Waals surface area contributed by atoms with Gasteiger partial charge in [0.1, 0.15) is 0 Å². The molecule has 1 rings (SSSR count). The number of nitrogens with two attached hydrogens (primary N) is 1. The van der Waals surface area contributed by atoms with Crippen LogP contribution in [0.2, 0.25) is 5.02 Å². The Bertz CT molecular complexity index is 305. The van der Waals surface area contributed by atoms with Gasteiger partial charge in [-0.3, -0.25) is 4.98 Å². The zero-order valence-electron chi connectivity index (χ0n) is 6.37. The van der Waals surface area contributed by atoms with Crippen molar-refractivity contribution >= 4 is 11.6 Å². The predicted octanol–water partition coefficient (Wildman–Crippen LogP) is 1.65. The molecule has 0 saturated heterocycles. The quantitative estimate of drug-likeness (QED) is 0.755. The van der Waals surface area contributed by atoms with E-state index in [4.69, 9.17) is 22.6 Å². The van der Waals surface area contributed by atoms with Crippen molar-refractivity contribution in [3.8, 4) is 6.07 Å². The molecule has 1 aromatic rings. The van der Waals surface area contributed by atoms with Crippen LogP contribution in [0.1, 0.15) is 18.0 Å². The number of hydrogen-bond donors (Lipinski definition) is 1. The van der Waals surface area contributed by atoms with Crippen LogP contribution >= 0.6 is 11.6 Å². The molecule has 0 fully saturated rings. The second-order valence-electron chi connectivity index (χ2n) is 2.41. The molecule has 0 aliphatic rings. The van der Waals surface area contributed by atoms with Crippen LogP contribution in [0.4, 0.5) is 0 Å². The molecule has 0 spiro atoms. The lowest BCUT2D eigenvalue weighted by atomic mass is 10.1. The van der Waals surface area contributed by atoms with Gasteiger partial charge in [0.25, 0.3) is 0 Å². The molecule has 2 N–H and O–H groups in total. The second-order valence-corrected chi connectivity index (χ2v) is 2.84. The molecule has 3 nitrogen and oxygen atoms in total. The zero-order chi connectivity index (χ0) is 8.97. The molecule has 1 heterocycles. The number of pyridine rings is 1. The molecular weight excluding hydrogens is 174 g/mol. The van der Waals surface area contributed by atoms with Crippen molar-refractivity contribution in [2.45, 2.75) is 12.5 Å². The van der Waals surface area contributed by atoms with Gasteiger partial charge in [-0.1, -0.05) is 11.6 Å². The maximum atomic E-state index is 8.38. The molecule has 0 radical (unpaired) electrons. The van der Waals surface area contributed by atoms with Crippen molar-refractivity contribution in [2.75, 3.05) is 0 Å². The standard InChI is InChI=1S/C8H8ClN3/c9-7-3-6(4-12-5-7)8(11)1-2-10/h3-5,8H,1,11H2. The Morgan fingerprint density at radius 1 is 1.67 bits per heavy atom. The molecule has 0 amide bonds. The average molecular weight is 182 g/mol. The summed E-state index contributed by atoms with van der Waals surface area (Å²) < 4.78 is 0. The Kier molecular flexibility index (Phi) is 3.03. The highest BCUT2D eigenvalue weighted by molar-refractivity contribution is 6.30. The molecule has 0 aromatic carbocycles. The minimum absolute atomic E-state index is 0.280. The van der Waals surface area contributed by atoms with E-state index in [2.05, 4.69) is 4.98 Å². The van der Waals surface area contributed by atoms with Gasteiger partial charge in [0.05, 0.1) is 17.5 Å². The van der Waals surface area contributed by atoms with Gasteiger partial charge in [0.15, 0.2) is 0 Å². The van der Waals surface area contributed by atoms with E-state index in [-0.39, 0.29) is 12.5 Å². The fraction of sp³-hybridized carbons (Fsp3) is 0.250. The van der Waals surface area contributed by atoms with Gasteiger partial charge in [0, 0.05) is 18.4 Å². The largest absolute Gasteiger partial charge is 0.323 e. The SMILES string of the molecule is N#CCC(N)c1cncc(Cl)c1. The highest BCUT2D eigenvalue weighted by Crippen LogP contribution is 2.15. The highest BCUT2D eigenvalue weighted by atomic mass is 35.5. The van der Waals surface area contributed by atoms with E-state index in [0.29, 0.717) is 5.02 Å². The van der Waals surface area contributed by atoms with E-state index >= 15 is 0 Å². The summed E-state index contributed by atoms with van der Waals surface area (Å²) in [5.41, 5.74) is 6.45. The summed E-state index contributed by atoms with van der Waals surface area (Å²) in [6, 6.07) is 3.42. The Morgan fingerprint density at radius 3 is 3.00 bits per heavy atom. The smallest absolute Gasteiger partial charge is 0.0641 e. The number of halogens is 1. The van der Waals surface area contributed by atoms with Gasteiger partial charge in [0.2, 0.25) is 0 Å². The summed E-state index contributed by atoms with van der Waals surface area (Å²) in [5, 5.41) is 8.93. The molecular formula is C8H8ClN3. The molecule has 1 unspecified atom stereocenters. The van der Waals surface area contributed by atoms with Gasteiger partial charge < -0.3 is 5.73 Å². The minimum Gasteiger partial charge on any atom is -0.323 e. The molecule has 0 aliphatic carbocycles. The van der Waals surface area contributed by atoms with Crippen LogP contribution in [0.3, 0.4) is 0 Å². The first kappa shape index (κ1) is 8.98. The fourth-order valence-electron chi connectivity index (χ4n) is 0.847. The van der Waals surface area contributed by atoms with E-state index < -0.39 is 0 Å². The van der Waals surface area contributed by atoms with Crippen molar-refractivity contribution < 1.29 is 0 Å². The summed E-state index contributed by atoms with van der Waals surface area (Å²) >= 11 is 5.69. The minimum atomic E-state index is -0.291. The normalized spacial score (nSPS) is 12.1. The molecule has 0 bridgehead atoms. The summed E-state index contributed by atoms with van der Waals surface area (Å²) in [4.78, 5) is 3.87. The van der Waals surface area contributed by atoms with Crippen LogP contribution in [0.5, 0.6) is 0 Å². The molecule has 1 atom stereocenters. The van der Waals surface area contributed by atoms with E-state index in [9.17, 15) is 0 Å². The van der Waals surface area contributed by atoms with Gasteiger partial charge in [-0.2, -0.15) is 5.26 Å². The first-order valence-electron chi connectivity index (χ1n) is 3.47. The summed E-state index contributed by atoms with van der Waals surface area (Å²) in [6.45, 7) is 0. The molecule has 4 heteroatoms. The number of nitriles is 1. The molecule has 62 valence electrons. The Morgan fingerprint density at radius 2 is 2.42 bits per heavy atom. The summed E-state index contributed by atoms with van der Waals surface area (Å²) in [5.74, 6) is 0. The van der Waals surface area contributed by atoms with Crippen molar-refractivity contribution in [1.29, 1.82) is 5.26 Å². The number of aromatic nitrogens is 1. The Labute approximate surface area is 75.8 Å². The number of nitrogens with zero attached hydrogens (tertiary/aromatic N) is 2. The maximum absolute atomic E-state index is 8.38. The highest BCUT2D eigenvalue weighted by Gasteiger charge is 2.05. The topological polar surface area (TPSA) is 62.7 Å². The lowest BCUT2D eigenvalue weighted by Crippen LogP contribution is -2.09. The zero-order valence-corrected chi connectivity index (χ0v) is 7.12. The van der Waals surface area contributed by atoms with Crippen LogP contribution < -0.4 is 5.73 Å². The average Bonchev–Trinajstić information content (AvgIpc) is 2.05. The van der Waals surface area contributed by atoms with Gasteiger partial charge in [-0.15, -0.1) is 0 Å². The number of hydrogen-bond acceptors (Lipinski definition) is 3. The van der Waals surface area contributed by atoms with Crippen LogP contribution in [0.25, 0.3) is 0 Å². The monoisotopic (exact) mass is 181 g/mol. The van der Waals surface area contributed by atoms with E-state index in [1.54, 1.807) is 12.3 Å². The van der Waals surface area contributed by atoms with Crippen LogP contribution in [-0.2, 0) is 0 Å². The van der Waals surface area contributed by atoms with Crippen molar-refractivity contribution in [3.05, 3.63) is 29.0 Å². The third-order valence-electron chi connectivity index (χ3n) is 1.47. The molecule has 12 heavy (non-hydrogen) atoms. The van der Waals surface area contributed by atoms with Crippen LogP contribution in [0.15, 0.2) is 18.5 Å². The van der Waals surface area contributed by atoms with E-state index in [1.807, 2.05) is 6.07 Å². The van der Waals surface area contributed by atoms with E-state index in [0.717, 1.165) is 5.56 Å². The van der Waals surface area contributed by atoms with Gasteiger partial charge in [-0.25, -0.2) is 0 Å². The second kappa shape index (κ2) is 4.05.